The fourth-order valence-corrected chi connectivity index (χ4v) is 5.17. The number of anilines is 1. The third-order valence-electron chi connectivity index (χ3n) is 7.21. The Balaban J connectivity index is 1.19. The van der Waals surface area contributed by atoms with Crippen molar-refractivity contribution in [3.05, 3.63) is 99.9 Å². The summed E-state index contributed by atoms with van der Waals surface area (Å²) in [4.78, 5) is 33.0. The first kappa shape index (κ1) is 27.9. The molecule has 8 heteroatoms. The van der Waals surface area contributed by atoms with Crippen LogP contribution in [-0.4, -0.2) is 39.8 Å². The Hall–Kier alpha value is -3.62. The predicted octanol–water partition coefficient (Wildman–Crippen LogP) is 6.88. The Labute approximate surface area is 243 Å². The van der Waals surface area contributed by atoms with Crippen LogP contribution in [0.5, 0.6) is 0 Å². The molecule has 1 atom stereocenters. The van der Waals surface area contributed by atoms with E-state index >= 15 is 0 Å². The fraction of sp³-hybridized carbons (Fsp3) is 0.312. The van der Waals surface area contributed by atoms with Gasteiger partial charge in [0.1, 0.15) is 0 Å². The van der Waals surface area contributed by atoms with Crippen LogP contribution in [0.1, 0.15) is 61.0 Å². The molecular weight excluding hydrogens is 568 g/mol. The average molecular weight is 602 g/mol. The molecule has 3 aromatic carbocycles. The number of nitrogens with one attached hydrogen (secondary N) is 1. The van der Waals surface area contributed by atoms with Gasteiger partial charge in [0.15, 0.2) is 5.78 Å². The number of halogens is 1. The molecule has 2 heterocycles. The minimum absolute atomic E-state index is 0.0226. The summed E-state index contributed by atoms with van der Waals surface area (Å²) in [6, 6.07) is 22.7. The number of likely N-dealkylation sites (tertiary alicyclic amines) is 1. The summed E-state index contributed by atoms with van der Waals surface area (Å²) in [6.45, 7) is 8.39. The molecule has 40 heavy (non-hydrogen) atoms. The zero-order valence-corrected chi connectivity index (χ0v) is 24.6. The van der Waals surface area contributed by atoms with Gasteiger partial charge in [-0.25, -0.2) is 0 Å². The monoisotopic (exact) mass is 600 g/mol. The molecule has 7 nitrogen and oxygen atoms in total. The molecule has 0 saturated carbocycles. The second kappa shape index (κ2) is 11.9. The highest BCUT2D eigenvalue weighted by molar-refractivity contribution is 9.10. The molecule has 1 N–H and O–H groups in total. The maximum atomic E-state index is 13.2. The standard InChI is InChI=1S/C32H33BrN4O3/c1-32(2,3)25-13-9-21(10-14-25)29(38)23-6-4-8-27(18-23)34-31(39)24-7-5-17-37(19-24)20-28-35-30(36-40-28)22-11-15-26(33)16-12-22/h4,6,8-16,18,24H,5,7,17,19-20H2,1-3H3,(H,34,39). The number of aromatic nitrogens is 2. The molecule has 206 valence electrons. The number of piperidine rings is 1. The van der Waals surface area contributed by atoms with E-state index in [0.717, 1.165) is 29.4 Å². The summed E-state index contributed by atoms with van der Waals surface area (Å²) < 4.78 is 6.48. The maximum Gasteiger partial charge on any atom is 0.241 e. The van der Waals surface area contributed by atoms with Gasteiger partial charge in [-0.1, -0.05) is 78.3 Å². The molecule has 1 unspecified atom stereocenters. The van der Waals surface area contributed by atoms with Crippen LogP contribution >= 0.6 is 15.9 Å². The maximum absolute atomic E-state index is 13.2. The number of carbonyl (C=O) groups excluding carboxylic acids is 2. The third-order valence-corrected chi connectivity index (χ3v) is 7.74. The normalized spacial score (nSPS) is 16.1. The van der Waals surface area contributed by atoms with Crippen molar-refractivity contribution in [1.29, 1.82) is 0 Å². The number of amides is 1. The largest absolute Gasteiger partial charge is 0.338 e. The molecule has 5 rings (SSSR count). The Morgan fingerprint density at radius 2 is 1.77 bits per heavy atom. The van der Waals surface area contributed by atoms with Crippen LogP contribution in [0.25, 0.3) is 11.4 Å². The lowest BCUT2D eigenvalue weighted by molar-refractivity contribution is -0.121. The second-order valence-electron chi connectivity index (χ2n) is 11.3. The quantitative estimate of drug-likeness (QED) is 0.233. The molecule has 0 bridgehead atoms. The van der Waals surface area contributed by atoms with Crippen LogP contribution < -0.4 is 5.32 Å². The van der Waals surface area contributed by atoms with E-state index in [1.807, 2.05) is 54.6 Å². The van der Waals surface area contributed by atoms with Gasteiger partial charge in [-0.2, -0.15) is 4.98 Å². The highest BCUT2D eigenvalue weighted by Crippen LogP contribution is 2.25. The average Bonchev–Trinajstić information content (AvgIpc) is 3.41. The summed E-state index contributed by atoms with van der Waals surface area (Å²) in [5, 5.41) is 7.14. The first-order valence-corrected chi connectivity index (χ1v) is 14.3. The van der Waals surface area contributed by atoms with Gasteiger partial charge in [0.25, 0.3) is 0 Å². The van der Waals surface area contributed by atoms with E-state index in [-0.39, 0.29) is 23.0 Å². The second-order valence-corrected chi connectivity index (χ2v) is 12.2. The fourth-order valence-electron chi connectivity index (χ4n) is 4.91. The van der Waals surface area contributed by atoms with Crippen LogP contribution in [0, 0.1) is 5.92 Å². The Morgan fingerprint density at radius 1 is 1.02 bits per heavy atom. The summed E-state index contributed by atoms with van der Waals surface area (Å²) in [7, 11) is 0. The van der Waals surface area contributed by atoms with Crippen molar-refractivity contribution in [3.8, 4) is 11.4 Å². The van der Waals surface area contributed by atoms with Crippen molar-refractivity contribution in [1.82, 2.24) is 15.0 Å². The lowest BCUT2D eigenvalue weighted by Crippen LogP contribution is -2.40. The zero-order valence-electron chi connectivity index (χ0n) is 23.0. The summed E-state index contributed by atoms with van der Waals surface area (Å²) in [5.74, 6) is 0.786. The van der Waals surface area contributed by atoms with Crippen LogP contribution in [0.2, 0.25) is 0 Å². The number of carbonyl (C=O) groups is 2. The van der Waals surface area contributed by atoms with E-state index < -0.39 is 0 Å². The molecule has 1 aliphatic heterocycles. The number of hydrogen-bond donors (Lipinski definition) is 1. The minimum atomic E-state index is -0.174. The predicted molar refractivity (Wildman–Crippen MR) is 159 cm³/mol. The van der Waals surface area contributed by atoms with E-state index in [2.05, 4.69) is 57.1 Å². The molecule has 1 aliphatic rings. The lowest BCUT2D eigenvalue weighted by Gasteiger charge is -2.30. The summed E-state index contributed by atoms with van der Waals surface area (Å²) in [6.07, 6.45) is 1.70. The van der Waals surface area contributed by atoms with Crippen molar-refractivity contribution < 1.29 is 14.1 Å². The molecule has 1 saturated heterocycles. The van der Waals surface area contributed by atoms with Crippen molar-refractivity contribution in [2.75, 3.05) is 18.4 Å². The Kier molecular flexibility index (Phi) is 8.28. The molecule has 0 radical (unpaired) electrons. The number of nitrogens with zero attached hydrogens (tertiary/aromatic N) is 3. The van der Waals surface area contributed by atoms with Crippen molar-refractivity contribution >= 4 is 33.3 Å². The minimum Gasteiger partial charge on any atom is -0.338 e. The zero-order chi connectivity index (χ0) is 28.3. The van der Waals surface area contributed by atoms with Gasteiger partial charge < -0.3 is 9.84 Å². The Bertz CT molecular complexity index is 1490. The lowest BCUT2D eigenvalue weighted by atomic mass is 9.86. The Morgan fingerprint density at radius 3 is 2.50 bits per heavy atom. The molecule has 4 aromatic rings. The number of rotatable bonds is 7. The molecule has 0 spiro atoms. The number of hydrogen-bond acceptors (Lipinski definition) is 6. The van der Waals surface area contributed by atoms with Gasteiger partial charge >= 0.3 is 0 Å². The molecular formula is C32H33BrN4O3. The van der Waals surface area contributed by atoms with Crippen molar-refractivity contribution in [2.24, 2.45) is 5.92 Å². The van der Waals surface area contributed by atoms with Crippen LogP contribution in [-0.2, 0) is 16.8 Å². The van der Waals surface area contributed by atoms with E-state index in [1.54, 1.807) is 18.2 Å². The van der Waals surface area contributed by atoms with Gasteiger partial charge in [-0.15, -0.1) is 0 Å². The van der Waals surface area contributed by atoms with Crippen LogP contribution in [0.4, 0.5) is 5.69 Å². The van der Waals surface area contributed by atoms with Gasteiger partial charge in [-0.05, 0) is 66.8 Å². The summed E-state index contributed by atoms with van der Waals surface area (Å²) >= 11 is 3.44. The third kappa shape index (κ3) is 6.74. The first-order valence-electron chi connectivity index (χ1n) is 13.5. The summed E-state index contributed by atoms with van der Waals surface area (Å²) in [5.41, 5.74) is 3.88. The topological polar surface area (TPSA) is 88.3 Å². The highest BCUT2D eigenvalue weighted by Gasteiger charge is 2.27. The molecule has 0 aliphatic carbocycles. The highest BCUT2D eigenvalue weighted by atomic mass is 79.9. The molecule has 1 amide bonds. The van der Waals surface area contributed by atoms with Crippen molar-refractivity contribution in [2.45, 2.75) is 45.6 Å². The van der Waals surface area contributed by atoms with Crippen molar-refractivity contribution in [3.63, 3.8) is 0 Å². The van der Waals surface area contributed by atoms with Gasteiger partial charge in [0.05, 0.1) is 12.5 Å². The van der Waals surface area contributed by atoms with Crippen LogP contribution in [0.15, 0.2) is 81.8 Å². The smallest absolute Gasteiger partial charge is 0.241 e. The number of ketones is 1. The van der Waals surface area contributed by atoms with Crippen LogP contribution in [0.3, 0.4) is 0 Å². The van der Waals surface area contributed by atoms with E-state index in [9.17, 15) is 9.59 Å². The first-order chi connectivity index (χ1) is 19.2. The van der Waals surface area contributed by atoms with Gasteiger partial charge in [0, 0.05) is 33.4 Å². The SMILES string of the molecule is CC(C)(C)c1ccc(C(=O)c2cccc(NC(=O)C3CCCN(Cc4nc(-c5ccc(Br)cc5)no4)C3)c2)cc1. The molecule has 1 fully saturated rings. The van der Waals surface area contributed by atoms with Gasteiger partial charge in [-0.3, -0.25) is 14.5 Å². The number of benzene rings is 3. The molecule has 1 aromatic heterocycles. The van der Waals surface area contributed by atoms with Gasteiger partial charge in [0.2, 0.25) is 17.6 Å². The van der Waals surface area contributed by atoms with E-state index in [0.29, 0.717) is 41.6 Å². The van der Waals surface area contributed by atoms with E-state index in [4.69, 9.17) is 4.52 Å². The van der Waals surface area contributed by atoms with E-state index in [1.165, 1.54) is 5.56 Å².